The molecule has 112 valence electrons. The number of aryl methyl sites for hydroxylation is 1. The number of piperidine rings is 1. The van der Waals surface area contributed by atoms with Crippen LogP contribution in [0.2, 0.25) is 0 Å². The van der Waals surface area contributed by atoms with Gasteiger partial charge in [-0.15, -0.1) is 12.4 Å². The summed E-state index contributed by atoms with van der Waals surface area (Å²) in [5, 5.41) is 6.38. The predicted octanol–water partition coefficient (Wildman–Crippen LogP) is 2.99. The van der Waals surface area contributed by atoms with Gasteiger partial charge in [-0.2, -0.15) is 0 Å². The van der Waals surface area contributed by atoms with Crippen LogP contribution < -0.4 is 10.6 Å². The molecule has 3 nitrogen and oxygen atoms in total. The Balaban J connectivity index is 0.00000200. The number of halogens is 1. The number of hydrogen-bond acceptors (Lipinski definition) is 2. The third kappa shape index (κ3) is 4.50. The van der Waals surface area contributed by atoms with Crippen LogP contribution in [0.5, 0.6) is 0 Å². The maximum atomic E-state index is 12.1. The summed E-state index contributed by atoms with van der Waals surface area (Å²) in [5.74, 6) is 0.131. The Labute approximate surface area is 127 Å². The molecular weight excluding hydrogens is 272 g/mol. The second kappa shape index (κ2) is 8.28. The van der Waals surface area contributed by atoms with Crippen LogP contribution in [0.1, 0.15) is 50.3 Å². The highest BCUT2D eigenvalue weighted by atomic mass is 35.5. The Morgan fingerprint density at radius 1 is 1.35 bits per heavy atom. The first-order valence-electron chi connectivity index (χ1n) is 7.33. The van der Waals surface area contributed by atoms with Crippen molar-refractivity contribution in [2.24, 2.45) is 0 Å². The summed E-state index contributed by atoms with van der Waals surface area (Å²) in [7, 11) is 0. The molecule has 1 aromatic rings. The number of benzene rings is 1. The van der Waals surface area contributed by atoms with Gasteiger partial charge in [0.2, 0.25) is 5.91 Å². The minimum absolute atomic E-state index is 0. The lowest BCUT2D eigenvalue weighted by atomic mass is 10.0. The van der Waals surface area contributed by atoms with Crippen molar-refractivity contribution in [3.8, 4) is 0 Å². The lowest BCUT2D eigenvalue weighted by Crippen LogP contribution is -2.47. The maximum Gasteiger partial charge on any atom is 0.237 e. The standard InChI is InChI=1S/C16H24N2O.ClH/c1-3-13-7-9-14(10-8-13)12(2)18-16(19)15-6-4-5-11-17-15;/h7-10,12,15,17H,3-6,11H2,1-2H3,(H,18,19);1H. The monoisotopic (exact) mass is 296 g/mol. The van der Waals surface area contributed by atoms with Crippen molar-refractivity contribution in [3.63, 3.8) is 0 Å². The molecule has 4 heteroatoms. The van der Waals surface area contributed by atoms with Crippen LogP contribution in [0.25, 0.3) is 0 Å². The molecule has 1 aromatic carbocycles. The van der Waals surface area contributed by atoms with E-state index < -0.39 is 0 Å². The fourth-order valence-corrected chi connectivity index (χ4v) is 2.51. The topological polar surface area (TPSA) is 41.1 Å². The molecule has 2 unspecified atom stereocenters. The summed E-state index contributed by atoms with van der Waals surface area (Å²) in [6, 6.07) is 8.55. The smallest absolute Gasteiger partial charge is 0.237 e. The molecule has 1 heterocycles. The molecule has 20 heavy (non-hydrogen) atoms. The number of carbonyl (C=O) groups is 1. The summed E-state index contributed by atoms with van der Waals surface area (Å²) < 4.78 is 0. The average Bonchev–Trinajstić information content (AvgIpc) is 2.48. The van der Waals surface area contributed by atoms with Gasteiger partial charge in [0.25, 0.3) is 0 Å². The van der Waals surface area contributed by atoms with Gasteiger partial charge in [0.05, 0.1) is 12.1 Å². The average molecular weight is 297 g/mol. The van der Waals surface area contributed by atoms with Crippen molar-refractivity contribution < 1.29 is 4.79 Å². The summed E-state index contributed by atoms with van der Waals surface area (Å²) in [6.45, 7) is 5.15. The summed E-state index contributed by atoms with van der Waals surface area (Å²) in [6.07, 6.45) is 4.32. The largest absolute Gasteiger partial charge is 0.348 e. The third-order valence-electron chi connectivity index (χ3n) is 3.87. The Morgan fingerprint density at radius 3 is 2.60 bits per heavy atom. The van der Waals surface area contributed by atoms with Crippen molar-refractivity contribution >= 4 is 18.3 Å². The van der Waals surface area contributed by atoms with Gasteiger partial charge in [-0.3, -0.25) is 4.79 Å². The molecule has 1 saturated heterocycles. The lowest BCUT2D eigenvalue weighted by molar-refractivity contribution is -0.124. The fraction of sp³-hybridized carbons (Fsp3) is 0.562. The highest BCUT2D eigenvalue weighted by Gasteiger charge is 2.21. The Morgan fingerprint density at radius 2 is 2.05 bits per heavy atom. The molecule has 1 fully saturated rings. The van der Waals surface area contributed by atoms with E-state index in [2.05, 4.69) is 41.8 Å². The molecule has 0 spiro atoms. The van der Waals surface area contributed by atoms with Gasteiger partial charge >= 0.3 is 0 Å². The normalized spacial score (nSPS) is 19.8. The van der Waals surface area contributed by atoms with Crippen LogP contribution in [-0.2, 0) is 11.2 Å². The van der Waals surface area contributed by atoms with Gasteiger partial charge < -0.3 is 10.6 Å². The van der Waals surface area contributed by atoms with E-state index in [0.717, 1.165) is 25.8 Å². The quantitative estimate of drug-likeness (QED) is 0.897. The number of hydrogen-bond donors (Lipinski definition) is 2. The summed E-state index contributed by atoms with van der Waals surface area (Å²) in [5.41, 5.74) is 2.50. The molecule has 0 aliphatic carbocycles. The van der Waals surface area contributed by atoms with Gasteiger partial charge in [-0.1, -0.05) is 37.6 Å². The van der Waals surface area contributed by atoms with E-state index in [1.807, 2.05) is 6.92 Å². The van der Waals surface area contributed by atoms with Crippen molar-refractivity contribution in [2.75, 3.05) is 6.54 Å². The second-order valence-corrected chi connectivity index (χ2v) is 5.33. The number of nitrogens with one attached hydrogen (secondary N) is 2. The zero-order valence-electron chi connectivity index (χ0n) is 12.3. The Hall–Kier alpha value is -1.06. The zero-order chi connectivity index (χ0) is 13.7. The van der Waals surface area contributed by atoms with Crippen LogP contribution in [0.3, 0.4) is 0 Å². The lowest BCUT2D eigenvalue weighted by Gasteiger charge is -2.24. The van der Waals surface area contributed by atoms with E-state index in [0.29, 0.717) is 0 Å². The third-order valence-corrected chi connectivity index (χ3v) is 3.87. The molecular formula is C16H25ClN2O. The van der Waals surface area contributed by atoms with E-state index in [9.17, 15) is 4.79 Å². The first kappa shape index (κ1) is 17.0. The molecule has 0 aromatic heterocycles. The molecule has 0 saturated carbocycles. The summed E-state index contributed by atoms with van der Waals surface area (Å²) in [4.78, 5) is 12.1. The van der Waals surface area contributed by atoms with Crippen molar-refractivity contribution in [1.29, 1.82) is 0 Å². The predicted molar refractivity (Wildman–Crippen MR) is 85.3 cm³/mol. The molecule has 1 aliphatic heterocycles. The second-order valence-electron chi connectivity index (χ2n) is 5.33. The van der Waals surface area contributed by atoms with E-state index in [1.165, 1.54) is 17.5 Å². The van der Waals surface area contributed by atoms with E-state index in [-0.39, 0.29) is 30.4 Å². The van der Waals surface area contributed by atoms with Gasteiger partial charge in [-0.05, 0) is 43.9 Å². The minimum atomic E-state index is -0.00823. The van der Waals surface area contributed by atoms with E-state index >= 15 is 0 Å². The Kier molecular flexibility index (Phi) is 7.03. The molecule has 2 rings (SSSR count). The van der Waals surface area contributed by atoms with Crippen molar-refractivity contribution in [1.82, 2.24) is 10.6 Å². The van der Waals surface area contributed by atoms with Crippen LogP contribution in [0.4, 0.5) is 0 Å². The number of carbonyl (C=O) groups excluding carboxylic acids is 1. The molecule has 0 bridgehead atoms. The van der Waals surface area contributed by atoms with E-state index in [1.54, 1.807) is 0 Å². The summed E-state index contributed by atoms with van der Waals surface area (Å²) >= 11 is 0. The number of rotatable bonds is 4. The fourth-order valence-electron chi connectivity index (χ4n) is 2.51. The van der Waals surface area contributed by atoms with Crippen molar-refractivity contribution in [2.45, 2.75) is 51.6 Å². The van der Waals surface area contributed by atoms with Gasteiger partial charge in [0, 0.05) is 0 Å². The van der Waals surface area contributed by atoms with Crippen LogP contribution in [0, 0.1) is 0 Å². The first-order valence-corrected chi connectivity index (χ1v) is 7.33. The van der Waals surface area contributed by atoms with Gasteiger partial charge in [-0.25, -0.2) is 0 Å². The maximum absolute atomic E-state index is 12.1. The SMILES string of the molecule is CCc1ccc(C(C)NC(=O)C2CCCCN2)cc1.Cl. The van der Waals surface area contributed by atoms with Crippen LogP contribution >= 0.6 is 12.4 Å². The molecule has 2 atom stereocenters. The molecule has 0 radical (unpaired) electrons. The number of amides is 1. The minimum Gasteiger partial charge on any atom is -0.348 e. The van der Waals surface area contributed by atoms with Gasteiger partial charge in [0.1, 0.15) is 0 Å². The van der Waals surface area contributed by atoms with Crippen molar-refractivity contribution in [3.05, 3.63) is 35.4 Å². The van der Waals surface area contributed by atoms with Gasteiger partial charge in [0.15, 0.2) is 0 Å². The zero-order valence-corrected chi connectivity index (χ0v) is 13.1. The van der Waals surface area contributed by atoms with E-state index in [4.69, 9.17) is 0 Å². The highest BCUT2D eigenvalue weighted by Crippen LogP contribution is 2.15. The van der Waals surface area contributed by atoms with Crippen LogP contribution in [0.15, 0.2) is 24.3 Å². The Bertz CT molecular complexity index is 413. The van der Waals surface area contributed by atoms with Crippen LogP contribution in [-0.4, -0.2) is 18.5 Å². The molecule has 1 amide bonds. The first-order chi connectivity index (χ1) is 9.20. The molecule has 1 aliphatic rings. The molecule has 2 N–H and O–H groups in total. The highest BCUT2D eigenvalue weighted by molar-refractivity contribution is 5.85.